The van der Waals surface area contributed by atoms with Gasteiger partial charge >= 0.3 is 5.97 Å². The zero-order chi connectivity index (χ0) is 26.6. The maximum Gasteiger partial charge on any atom is 0.335 e. The van der Waals surface area contributed by atoms with Crippen LogP contribution in [0.3, 0.4) is 0 Å². The summed E-state index contributed by atoms with van der Waals surface area (Å²) in [5.41, 5.74) is 1.98. The third-order valence-corrected chi connectivity index (χ3v) is 6.61. The summed E-state index contributed by atoms with van der Waals surface area (Å²) in [5, 5.41) is 49.5. The number of ether oxygens (including phenoxy) is 4. The molecule has 0 saturated carbocycles. The van der Waals surface area contributed by atoms with E-state index in [1.807, 2.05) is 18.2 Å². The molecule has 0 radical (unpaired) electrons. The van der Waals surface area contributed by atoms with Crippen LogP contribution in [0.4, 0.5) is 0 Å². The van der Waals surface area contributed by atoms with Crippen LogP contribution in [0.2, 0.25) is 0 Å². The Labute approximate surface area is 209 Å². The molecule has 0 spiro atoms. The molecule has 2 aromatic carbocycles. The second-order valence-corrected chi connectivity index (χ2v) is 9.21. The van der Waals surface area contributed by atoms with Crippen molar-refractivity contribution in [1.29, 1.82) is 0 Å². The molecule has 1 heterocycles. The van der Waals surface area contributed by atoms with Crippen LogP contribution in [0, 0.1) is 11.8 Å². The molecule has 0 bridgehead atoms. The molecule has 0 unspecified atom stereocenters. The first-order valence-corrected chi connectivity index (χ1v) is 11.7. The van der Waals surface area contributed by atoms with E-state index in [2.05, 4.69) is 13.8 Å². The van der Waals surface area contributed by atoms with Gasteiger partial charge < -0.3 is 44.5 Å². The van der Waals surface area contributed by atoms with Gasteiger partial charge in [-0.05, 0) is 60.1 Å². The van der Waals surface area contributed by atoms with Gasteiger partial charge in [0.1, 0.15) is 18.3 Å². The van der Waals surface area contributed by atoms with Gasteiger partial charge in [0.2, 0.25) is 6.29 Å². The van der Waals surface area contributed by atoms with Gasteiger partial charge in [0.15, 0.2) is 29.1 Å². The second kappa shape index (κ2) is 11.8. The third-order valence-electron chi connectivity index (χ3n) is 6.61. The van der Waals surface area contributed by atoms with E-state index in [1.165, 1.54) is 12.1 Å². The minimum absolute atomic E-state index is 0.0541. The summed E-state index contributed by atoms with van der Waals surface area (Å²) in [6.45, 7) is 4.27. The summed E-state index contributed by atoms with van der Waals surface area (Å²) in [6, 6.07) is 10.6. The number of rotatable bonds is 10. The molecule has 198 valence electrons. The summed E-state index contributed by atoms with van der Waals surface area (Å²) in [6.07, 6.45) is -7.21. The summed E-state index contributed by atoms with van der Waals surface area (Å²) >= 11 is 0. The van der Waals surface area contributed by atoms with Gasteiger partial charge in [0.05, 0.1) is 14.2 Å². The Kier molecular flexibility index (Phi) is 9.02. The van der Waals surface area contributed by atoms with Gasteiger partial charge in [-0.25, -0.2) is 4.79 Å². The highest BCUT2D eigenvalue weighted by molar-refractivity contribution is 5.73. The second-order valence-electron chi connectivity index (χ2n) is 9.21. The number of methoxy groups -OCH3 is 2. The highest BCUT2D eigenvalue weighted by atomic mass is 16.7. The van der Waals surface area contributed by atoms with Crippen molar-refractivity contribution in [2.75, 3.05) is 14.2 Å². The predicted octanol–water partition coefficient (Wildman–Crippen LogP) is 1.74. The van der Waals surface area contributed by atoms with Gasteiger partial charge in [-0.2, -0.15) is 0 Å². The van der Waals surface area contributed by atoms with Crippen LogP contribution in [0.1, 0.15) is 25.0 Å². The molecule has 2 aromatic rings. The molecule has 1 fully saturated rings. The van der Waals surface area contributed by atoms with E-state index in [-0.39, 0.29) is 17.4 Å². The quantitative estimate of drug-likeness (QED) is 0.322. The number of carbonyl (C=O) groups is 1. The van der Waals surface area contributed by atoms with Gasteiger partial charge in [-0.1, -0.05) is 26.0 Å². The monoisotopic (exact) mass is 506 g/mol. The van der Waals surface area contributed by atoms with Crippen molar-refractivity contribution in [2.45, 2.75) is 57.4 Å². The Morgan fingerprint density at radius 1 is 0.861 bits per heavy atom. The number of aliphatic carboxylic acids is 1. The fourth-order valence-electron chi connectivity index (χ4n) is 4.22. The molecule has 0 aliphatic carbocycles. The van der Waals surface area contributed by atoms with Crippen LogP contribution in [0.15, 0.2) is 36.4 Å². The molecular weight excluding hydrogens is 472 g/mol. The van der Waals surface area contributed by atoms with Crippen LogP contribution < -0.4 is 14.2 Å². The average molecular weight is 507 g/mol. The zero-order valence-corrected chi connectivity index (χ0v) is 20.7. The Hall–Kier alpha value is -3.05. The number of hydrogen-bond acceptors (Lipinski definition) is 9. The van der Waals surface area contributed by atoms with E-state index < -0.39 is 36.7 Å². The molecule has 5 N–H and O–H groups in total. The number of hydrogen-bond donors (Lipinski definition) is 5. The molecule has 10 heteroatoms. The highest BCUT2D eigenvalue weighted by Gasteiger charge is 2.48. The Bertz CT molecular complexity index is 1040. The SMILES string of the molecule is COc1ccc(C[C@@H](C)[C@@H](C)Cc2ccc(O[C@@H]3O[C@H](C(=O)O)[C@@H](O)[C@H](O)[C@H]3O)c(O)c2)cc1OC. The van der Waals surface area contributed by atoms with Gasteiger partial charge in [0, 0.05) is 0 Å². The molecule has 1 aliphatic heterocycles. The van der Waals surface area contributed by atoms with E-state index >= 15 is 0 Å². The van der Waals surface area contributed by atoms with Crippen LogP contribution in [-0.2, 0) is 22.4 Å². The number of phenols is 1. The first-order valence-electron chi connectivity index (χ1n) is 11.7. The molecule has 36 heavy (non-hydrogen) atoms. The van der Waals surface area contributed by atoms with E-state index in [0.29, 0.717) is 23.8 Å². The van der Waals surface area contributed by atoms with Crippen LogP contribution in [-0.4, -0.2) is 76.4 Å². The Morgan fingerprint density at radius 2 is 1.42 bits per heavy atom. The lowest BCUT2D eigenvalue weighted by Crippen LogP contribution is -2.61. The lowest BCUT2D eigenvalue weighted by atomic mass is 9.85. The number of phenolic OH excluding ortho intramolecular Hbond substituents is 1. The molecule has 0 amide bonds. The van der Waals surface area contributed by atoms with Crippen LogP contribution in [0.5, 0.6) is 23.0 Å². The van der Waals surface area contributed by atoms with E-state index in [9.17, 15) is 25.2 Å². The van der Waals surface area contributed by atoms with Crippen molar-refractivity contribution in [3.8, 4) is 23.0 Å². The van der Waals surface area contributed by atoms with Gasteiger partial charge in [-0.15, -0.1) is 0 Å². The number of benzene rings is 2. The molecule has 1 aliphatic rings. The summed E-state index contributed by atoms with van der Waals surface area (Å²) < 4.78 is 21.2. The topological polar surface area (TPSA) is 155 Å². The number of aliphatic hydroxyl groups excluding tert-OH is 3. The first-order chi connectivity index (χ1) is 17.0. The lowest BCUT2D eigenvalue weighted by Gasteiger charge is -2.38. The molecular formula is C26H34O10. The number of aromatic hydroxyl groups is 1. The first kappa shape index (κ1) is 27.5. The molecule has 7 atom stereocenters. The van der Waals surface area contributed by atoms with Crippen molar-refractivity contribution in [3.63, 3.8) is 0 Å². The average Bonchev–Trinajstić information content (AvgIpc) is 2.85. The van der Waals surface area contributed by atoms with Crippen molar-refractivity contribution >= 4 is 5.97 Å². The van der Waals surface area contributed by atoms with E-state index in [0.717, 1.165) is 17.5 Å². The third kappa shape index (κ3) is 6.19. The Balaban J connectivity index is 1.63. The molecule has 0 aromatic heterocycles. The largest absolute Gasteiger partial charge is 0.504 e. The Morgan fingerprint density at radius 3 is 1.94 bits per heavy atom. The van der Waals surface area contributed by atoms with Crippen LogP contribution in [0.25, 0.3) is 0 Å². The minimum atomic E-state index is -1.82. The fraction of sp³-hybridized carbons (Fsp3) is 0.500. The zero-order valence-electron chi connectivity index (χ0n) is 20.7. The predicted molar refractivity (Wildman–Crippen MR) is 128 cm³/mol. The molecule has 1 saturated heterocycles. The van der Waals surface area contributed by atoms with Gasteiger partial charge in [0.25, 0.3) is 0 Å². The van der Waals surface area contributed by atoms with E-state index in [1.54, 1.807) is 20.3 Å². The smallest absolute Gasteiger partial charge is 0.335 e. The van der Waals surface area contributed by atoms with Crippen molar-refractivity contribution in [1.82, 2.24) is 0 Å². The fourth-order valence-corrected chi connectivity index (χ4v) is 4.22. The number of carboxylic acids is 1. The minimum Gasteiger partial charge on any atom is -0.504 e. The van der Waals surface area contributed by atoms with Crippen molar-refractivity contribution < 1.29 is 49.3 Å². The standard InChI is InChI=1S/C26H34O10/c1-13(14(2)10-16-6-8-19(33-3)20(12-16)34-4)9-15-5-7-18(17(27)11-15)35-26-23(30)21(28)22(29)24(36-26)25(31)32/h5-8,11-14,21-24,26-30H,9-10H2,1-4H3,(H,31,32)/t13-,14+,21-,22-,23+,24-,26+/m0/s1. The van der Waals surface area contributed by atoms with Gasteiger partial charge in [-0.3, -0.25) is 0 Å². The normalized spacial score (nSPS) is 25.6. The number of carboxylic acid groups (broad SMARTS) is 1. The number of aliphatic hydroxyl groups is 3. The van der Waals surface area contributed by atoms with Crippen molar-refractivity contribution in [2.24, 2.45) is 11.8 Å². The summed E-state index contributed by atoms with van der Waals surface area (Å²) in [5.74, 6) is 0.137. The molecule has 10 nitrogen and oxygen atoms in total. The molecule has 3 rings (SSSR count). The van der Waals surface area contributed by atoms with E-state index in [4.69, 9.17) is 24.1 Å². The summed E-state index contributed by atoms with van der Waals surface area (Å²) in [4.78, 5) is 11.3. The summed E-state index contributed by atoms with van der Waals surface area (Å²) in [7, 11) is 3.20. The maximum atomic E-state index is 11.3. The highest BCUT2D eigenvalue weighted by Crippen LogP contribution is 2.33. The lowest BCUT2D eigenvalue weighted by molar-refractivity contribution is -0.271. The van der Waals surface area contributed by atoms with Crippen molar-refractivity contribution in [3.05, 3.63) is 47.5 Å². The van der Waals surface area contributed by atoms with Crippen LogP contribution >= 0.6 is 0 Å². The maximum absolute atomic E-state index is 11.3.